The van der Waals surface area contributed by atoms with Gasteiger partial charge in [0, 0.05) is 0 Å². The van der Waals surface area contributed by atoms with Crippen molar-refractivity contribution in [3.8, 4) is 0 Å². The molecule has 1 aromatic rings. The van der Waals surface area contributed by atoms with Crippen LogP contribution in [0, 0.1) is 0 Å². The first-order valence-corrected chi connectivity index (χ1v) is 3.58. The fourth-order valence-electron chi connectivity index (χ4n) is 1.12. The Morgan fingerprint density at radius 3 is 2.92 bits per heavy atom. The molecule has 0 saturated carbocycles. The van der Waals surface area contributed by atoms with E-state index in [1.807, 2.05) is 6.07 Å². The van der Waals surface area contributed by atoms with Crippen LogP contribution in [0.5, 0.6) is 0 Å². The van der Waals surface area contributed by atoms with Crippen molar-refractivity contribution in [1.29, 1.82) is 0 Å². The lowest BCUT2D eigenvalue weighted by molar-refractivity contribution is 0.114. The predicted molar refractivity (Wildman–Crippen MR) is 44.9 cm³/mol. The zero-order chi connectivity index (χ0) is 8.55. The van der Waals surface area contributed by atoms with Crippen molar-refractivity contribution in [2.24, 2.45) is 4.99 Å². The van der Waals surface area contributed by atoms with Crippen LogP contribution in [-0.2, 0) is 0 Å². The summed E-state index contributed by atoms with van der Waals surface area (Å²) in [6.45, 7) is 0. The van der Waals surface area contributed by atoms with Gasteiger partial charge in [0.05, 0.1) is 17.6 Å². The van der Waals surface area contributed by atoms with Gasteiger partial charge in [-0.1, -0.05) is 12.1 Å². The lowest BCUT2D eigenvalue weighted by atomic mass is 10.2. The zero-order valence-electron chi connectivity index (χ0n) is 6.25. The molecule has 1 aromatic carbocycles. The van der Waals surface area contributed by atoms with Crippen molar-refractivity contribution in [2.75, 3.05) is 5.06 Å². The van der Waals surface area contributed by atoms with Crippen molar-refractivity contribution < 1.29 is 10.3 Å². The lowest BCUT2D eigenvalue weighted by Crippen LogP contribution is -2.34. The summed E-state index contributed by atoms with van der Waals surface area (Å²) in [5.41, 5.74) is 1.18. The molecular weight excluding hydrogens is 156 g/mol. The maximum atomic E-state index is 9.32. The Balaban J connectivity index is 2.52. The molecule has 0 aliphatic carbocycles. The third kappa shape index (κ3) is 0.975. The normalized spacial score (nSPS) is 20.8. The topological polar surface area (TPSA) is 56.1 Å². The number of aliphatic imine (C=N–C) groups is 1. The fraction of sp³-hybridized carbons (Fsp3) is 0.125. The van der Waals surface area contributed by atoms with Crippen LogP contribution in [-0.4, -0.2) is 22.8 Å². The number of hydroxylamine groups is 1. The summed E-state index contributed by atoms with van der Waals surface area (Å²) in [7, 11) is 0. The fourth-order valence-corrected chi connectivity index (χ4v) is 1.12. The highest BCUT2D eigenvalue weighted by Gasteiger charge is 2.18. The first-order chi connectivity index (χ1) is 5.79. The maximum Gasteiger partial charge on any atom is 0.187 e. The summed E-state index contributed by atoms with van der Waals surface area (Å²) in [5.74, 6) is 0. The van der Waals surface area contributed by atoms with Crippen LogP contribution >= 0.6 is 0 Å². The second-order valence-electron chi connectivity index (χ2n) is 2.53. The minimum Gasteiger partial charge on any atom is -0.367 e. The Kier molecular flexibility index (Phi) is 1.56. The largest absolute Gasteiger partial charge is 0.367 e. The molecule has 4 nitrogen and oxygen atoms in total. The van der Waals surface area contributed by atoms with Crippen LogP contribution in [0.25, 0.3) is 0 Å². The van der Waals surface area contributed by atoms with Gasteiger partial charge < -0.3 is 5.11 Å². The van der Waals surface area contributed by atoms with Gasteiger partial charge in [0.2, 0.25) is 0 Å². The van der Waals surface area contributed by atoms with Crippen LogP contribution in [0.3, 0.4) is 0 Å². The molecule has 12 heavy (non-hydrogen) atoms. The van der Waals surface area contributed by atoms with Gasteiger partial charge in [0.15, 0.2) is 6.23 Å². The lowest BCUT2D eigenvalue weighted by Gasteiger charge is -2.24. The molecule has 0 amide bonds. The van der Waals surface area contributed by atoms with E-state index in [9.17, 15) is 5.21 Å². The van der Waals surface area contributed by atoms with E-state index in [1.54, 1.807) is 18.2 Å². The highest BCUT2D eigenvalue weighted by Crippen LogP contribution is 2.30. The second-order valence-corrected chi connectivity index (χ2v) is 2.53. The molecule has 1 atom stereocenters. The Labute approximate surface area is 69.4 Å². The number of hydrogen-bond donors (Lipinski definition) is 2. The number of aliphatic hydroxyl groups excluding tert-OH is 1. The summed E-state index contributed by atoms with van der Waals surface area (Å²) in [6.07, 6.45) is 0.238. The van der Waals surface area contributed by atoms with E-state index in [0.29, 0.717) is 11.4 Å². The highest BCUT2D eigenvalue weighted by atomic mass is 16.5. The van der Waals surface area contributed by atoms with Gasteiger partial charge >= 0.3 is 0 Å². The van der Waals surface area contributed by atoms with Crippen LogP contribution in [0.4, 0.5) is 11.4 Å². The number of benzene rings is 1. The molecule has 2 N–H and O–H groups in total. The smallest absolute Gasteiger partial charge is 0.187 e. The molecular formula is C8H8N2O2. The van der Waals surface area contributed by atoms with Crippen molar-refractivity contribution in [2.45, 2.75) is 6.23 Å². The number of anilines is 1. The van der Waals surface area contributed by atoms with Crippen molar-refractivity contribution in [1.82, 2.24) is 0 Å². The molecule has 0 radical (unpaired) electrons. The standard InChI is InChI=1S/C8H8N2O2/c11-8-5-9-6-3-1-2-4-7(6)10(8)12/h1-5,8,11-12H. The van der Waals surface area contributed by atoms with E-state index in [2.05, 4.69) is 4.99 Å². The van der Waals surface area contributed by atoms with Gasteiger partial charge in [-0.2, -0.15) is 0 Å². The molecule has 0 spiro atoms. The quantitative estimate of drug-likeness (QED) is 0.599. The van der Waals surface area contributed by atoms with Crippen LogP contribution < -0.4 is 5.06 Å². The number of para-hydroxylation sites is 2. The number of hydrogen-bond acceptors (Lipinski definition) is 4. The van der Waals surface area contributed by atoms with Gasteiger partial charge in [0.25, 0.3) is 0 Å². The van der Waals surface area contributed by atoms with Crippen LogP contribution in [0.1, 0.15) is 0 Å². The summed E-state index contributed by atoms with van der Waals surface area (Å²) in [6, 6.07) is 7.05. The monoisotopic (exact) mass is 164 g/mol. The molecule has 0 fully saturated rings. The first kappa shape index (κ1) is 7.27. The minimum atomic E-state index is -1.04. The number of fused-ring (bicyclic) bond motifs is 1. The highest BCUT2D eigenvalue weighted by molar-refractivity contribution is 5.81. The molecule has 1 unspecified atom stereocenters. The molecule has 0 aromatic heterocycles. The van der Waals surface area contributed by atoms with E-state index >= 15 is 0 Å². The summed E-state index contributed by atoms with van der Waals surface area (Å²) in [4.78, 5) is 3.95. The molecule has 4 heteroatoms. The average molecular weight is 164 g/mol. The van der Waals surface area contributed by atoms with E-state index in [0.717, 1.165) is 5.06 Å². The Morgan fingerprint density at radius 2 is 2.08 bits per heavy atom. The Morgan fingerprint density at radius 1 is 1.33 bits per heavy atom. The van der Waals surface area contributed by atoms with Gasteiger partial charge in [0.1, 0.15) is 0 Å². The van der Waals surface area contributed by atoms with Gasteiger partial charge in [-0.25, -0.2) is 5.06 Å². The van der Waals surface area contributed by atoms with E-state index < -0.39 is 6.23 Å². The predicted octanol–water partition coefficient (Wildman–Crippen LogP) is 0.916. The second kappa shape index (κ2) is 2.58. The van der Waals surface area contributed by atoms with Crippen molar-refractivity contribution >= 4 is 17.6 Å². The van der Waals surface area contributed by atoms with E-state index in [-0.39, 0.29) is 0 Å². The molecule has 0 saturated heterocycles. The molecule has 2 rings (SSSR count). The summed E-state index contributed by atoms with van der Waals surface area (Å²) in [5, 5.41) is 19.3. The maximum absolute atomic E-state index is 9.32. The van der Waals surface area contributed by atoms with Gasteiger partial charge in [-0.3, -0.25) is 10.2 Å². The summed E-state index contributed by atoms with van der Waals surface area (Å²) >= 11 is 0. The SMILES string of the molecule is OC1C=Nc2ccccc2N1O. The third-order valence-electron chi connectivity index (χ3n) is 1.73. The van der Waals surface area contributed by atoms with E-state index in [4.69, 9.17) is 5.11 Å². The minimum absolute atomic E-state index is 0.521. The number of rotatable bonds is 0. The van der Waals surface area contributed by atoms with Crippen LogP contribution in [0.2, 0.25) is 0 Å². The molecule has 1 aliphatic heterocycles. The van der Waals surface area contributed by atoms with Crippen molar-refractivity contribution in [3.05, 3.63) is 24.3 Å². The molecule has 0 bridgehead atoms. The van der Waals surface area contributed by atoms with E-state index in [1.165, 1.54) is 6.21 Å². The van der Waals surface area contributed by atoms with Gasteiger partial charge in [-0.15, -0.1) is 0 Å². The first-order valence-electron chi connectivity index (χ1n) is 3.58. The Bertz CT molecular complexity index is 325. The number of aliphatic hydroxyl groups is 1. The Hall–Kier alpha value is -1.39. The molecule has 1 aliphatic rings. The third-order valence-corrected chi connectivity index (χ3v) is 1.73. The number of nitrogens with zero attached hydrogens (tertiary/aromatic N) is 2. The molecule has 1 heterocycles. The summed E-state index contributed by atoms with van der Waals surface area (Å²) < 4.78 is 0. The molecule has 62 valence electrons. The zero-order valence-corrected chi connectivity index (χ0v) is 6.25. The van der Waals surface area contributed by atoms with Crippen LogP contribution in [0.15, 0.2) is 29.3 Å². The average Bonchev–Trinajstić information content (AvgIpc) is 2.12. The van der Waals surface area contributed by atoms with Gasteiger partial charge in [-0.05, 0) is 12.1 Å². The van der Waals surface area contributed by atoms with Crippen molar-refractivity contribution in [3.63, 3.8) is 0 Å².